The molecule has 29 heavy (non-hydrogen) atoms. The highest BCUT2D eigenvalue weighted by Crippen LogP contribution is 2.33. The molecule has 1 unspecified atom stereocenters. The van der Waals surface area contributed by atoms with Crippen LogP contribution in [0.4, 0.5) is 17.5 Å². The molecule has 1 aliphatic rings. The molecule has 1 atom stereocenters. The van der Waals surface area contributed by atoms with Crippen molar-refractivity contribution in [3.8, 4) is 6.07 Å². The molecule has 0 spiro atoms. The number of imidazole rings is 1. The standard InChI is InChI=1S/C21H21N8/c1-13(2)29-11-16(10-25-29)26-21-27-19(18-20(28-21)24-12-23-18)22-9-15-8-7-14-5-3-4-6-17(14)15/h3-6,10-13,15H,7-8H2,1-2H3,(H2,23,24,26,27,28)/q+1. The summed E-state index contributed by atoms with van der Waals surface area (Å²) in [6.45, 7) is 4.15. The third-order valence-corrected chi connectivity index (χ3v) is 5.11. The van der Waals surface area contributed by atoms with Crippen molar-refractivity contribution in [1.29, 1.82) is 0 Å². The van der Waals surface area contributed by atoms with Gasteiger partial charge in [0.25, 0.3) is 0 Å². The van der Waals surface area contributed by atoms with Crippen LogP contribution in [0.25, 0.3) is 16.0 Å². The quantitative estimate of drug-likeness (QED) is 0.539. The summed E-state index contributed by atoms with van der Waals surface area (Å²) in [5.74, 6) is 1.12. The van der Waals surface area contributed by atoms with Crippen molar-refractivity contribution in [2.75, 3.05) is 5.32 Å². The van der Waals surface area contributed by atoms with Crippen LogP contribution in [0.15, 0.2) is 43.0 Å². The van der Waals surface area contributed by atoms with E-state index in [1.165, 1.54) is 11.1 Å². The molecule has 8 heteroatoms. The molecule has 0 radical (unpaired) electrons. The second-order valence-corrected chi connectivity index (χ2v) is 7.43. The number of aromatic nitrogens is 6. The van der Waals surface area contributed by atoms with E-state index in [0.29, 0.717) is 22.9 Å². The molecule has 0 bridgehead atoms. The number of anilines is 2. The number of aryl methyl sites for hydroxylation is 1. The van der Waals surface area contributed by atoms with Gasteiger partial charge in [-0.15, -0.1) is 0 Å². The van der Waals surface area contributed by atoms with E-state index >= 15 is 0 Å². The second-order valence-electron chi connectivity index (χ2n) is 7.43. The number of hydrogen-bond acceptors (Lipinski definition) is 5. The van der Waals surface area contributed by atoms with E-state index in [-0.39, 0.29) is 12.0 Å². The Balaban J connectivity index is 1.47. The van der Waals surface area contributed by atoms with Gasteiger partial charge < -0.3 is 4.98 Å². The molecule has 8 nitrogen and oxygen atoms in total. The third kappa shape index (κ3) is 3.31. The van der Waals surface area contributed by atoms with Crippen molar-refractivity contribution in [3.63, 3.8) is 0 Å². The zero-order valence-corrected chi connectivity index (χ0v) is 16.3. The highest BCUT2D eigenvalue weighted by atomic mass is 15.3. The molecule has 4 aromatic rings. The van der Waals surface area contributed by atoms with Gasteiger partial charge in [-0.1, -0.05) is 24.3 Å². The van der Waals surface area contributed by atoms with Gasteiger partial charge in [-0.05, 0) is 37.8 Å². The highest BCUT2D eigenvalue weighted by molar-refractivity contribution is 5.84. The monoisotopic (exact) mass is 385 g/mol. The van der Waals surface area contributed by atoms with Crippen LogP contribution < -0.4 is 5.32 Å². The van der Waals surface area contributed by atoms with Crippen molar-refractivity contribution in [2.45, 2.75) is 38.6 Å². The first-order valence-corrected chi connectivity index (χ1v) is 9.74. The Hall–Kier alpha value is -3.73. The number of benzene rings is 1. The summed E-state index contributed by atoms with van der Waals surface area (Å²) in [5, 5.41) is 7.54. The van der Waals surface area contributed by atoms with Gasteiger partial charge in [-0.2, -0.15) is 14.9 Å². The fraction of sp³-hybridized carbons (Fsp3) is 0.286. The normalized spacial score (nSPS) is 15.3. The van der Waals surface area contributed by atoms with Gasteiger partial charge in [-0.3, -0.25) is 10.00 Å². The van der Waals surface area contributed by atoms with E-state index < -0.39 is 0 Å². The summed E-state index contributed by atoms with van der Waals surface area (Å²) < 4.78 is 1.88. The highest BCUT2D eigenvalue weighted by Gasteiger charge is 2.24. The summed E-state index contributed by atoms with van der Waals surface area (Å²) in [7, 11) is 0. The van der Waals surface area contributed by atoms with E-state index in [4.69, 9.17) is 0 Å². The van der Waals surface area contributed by atoms with Crippen molar-refractivity contribution in [1.82, 2.24) is 29.7 Å². The lowest BCUT2D eigenvalue weighted by molar-refractivity contribution is 0.532. The minimum absolute atomic E-state index is 0.177. The SMILES string of the molecule is CC(C)n1cc(Nc2nc([N+]#CC3CCc4ccccc43)c3nc[nH]c3n2)cn1. The van der Waals surface area contributed by atoms with Crippen molar-refractivity contribution in [2.24, 2.45) is 0 Å². The fourth-order valence-electron chi connectivity index (χ4n) is 3.60. The maximum Gasteiger partial charge on any atom is 0.458 e. The smallest absolute Gasteiger partial charge is 0.329 e. The Kier molecular flexibility index (Phi) is 4.21. The van der Waals surface area contributed by atoms with Gasteiger partial charge in [0.1, 0.15) is 0 Å². The number of nitrogens with one attached hydrogen (secondary N) is 2. The second kappa shape index (κ2) is 7.02. The molecule has 1 aliphatic carbocycles. The van der Waals surface area contributed by atoms with Crippen molar-refractivity contribution < 1.29 is 0 Å². The molecular weight excluding hydrogens is 364 g/mol. The lowest BCUT2D eigenvalue weighted by Gasteiger charge is -2.02. The maximum absolute atomic E-state index is 4.58. The Bertz CT molecular complexity index is 1240. The molecule has 0 aliphatic heterocycles. The lowest BCUT2D eigenvalue weighted by Crippen LogP contribution is -2.00. The first-order chi connectivity index (χ1) is 14.2. The van der Waals surface area contributed by atoms with Crippen LogP contribution in [-0.2, 0) is 6.42 Å². The molecule has 5 rings (SSSR count). The average Bonchev–Trinajstić information content (AvgIpc) is 3.45. The Labute approximate surface area is 167 Å². The van der Waals surface area contributed by atoms with Gasteiger partial charge in [0.05, 0.1) is 24.1 Å². The summed E-state index contributed by atoms with van der Waals surface area (Å²) >= 11 is 0. The van der Waals surface area contributed by atoms with E-state index in [1.807, 2.05) is 10.9 Å². The van der Waals surface area contributed by atoms with E-state index in [2.05, 4.69) is 79.4 Å². The van der Waals surface area contributed by atoms with Crippen LogP contribution in [-0.4, -0.2) is 29.7 Å². The predicted octanol–water partition coefficient (Wildman–Crippen LogP) is 4.57. The molecule has 0 saturated carbocycles. The van der Waals surface area contributed by atoms with Crippen LogP contribution in [0.1, 0.15) is 43.4 Å². The van der Waals surface area contributed by atoms with Gasteiger partial charge >= 0.3 is 11.8 Å². The lowest BCUT2D eigenvalue weighted by atomic mass is 10.0. The molecule has 2 N–H and O–H groups in total. The number of hydrogen-bond donors (Lipinski definition) is 2. The molecule has 0 fully saturated rings. The van der Waals surface area contributed by atoms with Crippen LogP contribution in [0.5, 0.6) is 0 Å². The summed E-state index contributed by atoms with van der Waals surface area (Å²) in [6.07, 6.45) is 7.35. The van der Waals surface area contributed by atoms with Crippen LogP contribution in [0.3, 0.4) is 0 Å². The van der Waals surface area contributed by atoms with Crippen LogP contribution in [0.2, 0.25) is 0 Å². The predicted molar refractivity (Wildman–Crippen MR) is 112 cm³/mol. The Morgan fingerprint density at radius 2 is 2.17 bits per heavy atom. The van der Waals surface area contributed by atoms with Gasteiger partial charge in [0, 0.05) is 17.2 Å². The molecule has 1 aromatic carbocycles. The van der Waals surface area contributed by atoms with Gasteiger partial charge in [0.15, 0.2) is 11.7 Å². The Morgan fingerprint density at radius 1 is 1.28 bits per heavy atom. The largest absolute Gasteiger partial charge is 0.458 e. The number of rotatable bonds is 3. The number of aromatic amines is 1. The van der Waals surface area contributed by atoms with E-state index in [9.17, 15) is 0 Å². The molecule has 3 aromatic heterocycles. The number of H-pyrrole nitrogens is 1. The first-order valence-electron chi connectivity index (χ1n) is 9.74. The molecular formula is C21H21N8+. The molecule has 0 saturated heterocycles. The van der Waals surface area contributed by atoms with E-state index in [0.717, 1.165) is 18.5 Å². The summed E-state index contributed by atoms with van der Waals surface area (Å²) in [6, 6.07) is 12.0. The van der Waals surface area contributed by atoms with Crippen molar-refractivity contribution in [3.05, 3.63) is 59.0 Å². The minimum atomic E-state index is 0.177. The Morgan fingerprint density at radius 3 is 3.03 bits per heavy atom. The van der Waals surface area contributed by atoms with E-state index in [1.54, 1.807) is 12.5 Å². The van der Waals surface area contributed by atoms with Gasteiger partial charge in [-0.25, -0.2) is 4.98 Å². The van der Waals surface area contributed by atoms with Gasteiger partial charge in [0.2, 0.25) is 5.52 Å². The molecule has 144 valence electrons. The average molecular weight is 385 g/mol. The third-order valence-electron chi connectivity index (χ3n) is 5.11. The topological polar surface area (TPSA) is 88.7 Å². The van der Waals surface area contributed by atoms with Crippen LogP contribution >= 0.6 is 0 Å². The first kappa shape index (κ1) is 17.4. The zero-order chi connectivity index (χ0) is 19.8. The molecule has 3 heterocycles. The summed E-state index contributed by atoms with van der Waals surface area (Å²) in [5.41, 5.74) is 4.75. The fourth-order valence-corrected chi connectivity index (χ4v) is 3.60. The van der Waals surface area contributed by atoms with Crippen LogP contribution in [0, 0.1) is 6.07 Å². The molecule has 0 amide bonds. The zero-order valence-electron chi connectivity index (χ0n) is 16.3. The number of nitrogens with zero attached hydrogens (tertiary/aromatic N) is 6. The van der Waals surface area contributed by atoms with Crippen molar-refractivity contribution >= 4 is 28.6 Å². The minimum Gasteiger partial charge on any atom is -0.329 e. The maximum atomic E-state index is 4.58. The summed E-state index contributed by atoms with van der Waals surface area (Å²) in [4.78, 5) is 21.0. The number of fused-ring (bicyclic) bond motifs is 2.